The van der Waals surface area contributed by atoms with Gasteiger partial charge in [0.25, 0.3) is 5.19 Å². The number of rotatable bonds is 2. The van der Waals surface area contributed by atoms with E-state index in [1.807, 2.05) is 18.2 Å². The van der Waals surface area contributed by atoms with Crippen molar-refractivity contribution in [2.24, 2.45) is 0 Å². The molecular weight excluding hydrogens is 232 g/mol. The fraction of sp³-hybridized carbons (Fsp3) is 0.300. The Morgan fingerprint density at radius 3 is 3.00 bits per heavy atom. The van der Waals surface area contributed by atoms with Gasteiger partial charge in [-0.2, -0.15) is 0 Å². The van der Waals surface area contributed by atoms with Gasteiger partial charge in [0.1, 0.15) is 11.6 Å². The highest BCUT2D eigenvalue weighted by molar-refractivity contribution is 7.20. The fourth-order valence-corrected chi connectivity index (χ4v) is 2.61. The van der Waals surface area contributed by atoms with Crippen molar-refractivity contribution in [2.75, 3.05) is 13.1 Å². The lowest BCUT2D eigenvalue weighted by atomic mass is 10.2. The molecular formula is C10H9ClN2OS. The maximum absolute atomic E-state index is 6.03. The van der Waals surface area contributed by atoms with Gasteiger partial charge in [-0.3, -0.25) is 0 Å². The number of aromatic nitrogens is 1. The molecule has 1 aromatic heterocycles. The van der Waals surface area contributed by atoms with Crippen LogP contribution < -0.4 is 10.1 Å². The zero-order valence-electron chi connectivity index (χ0n) is 7.87. The maximum atomic E-state index is 6.03. The van der Waals surface area contributed by atoms with E-state index in [2.05, 4.69) is 10.3 Å². The van der Waals surface area contributed by atoms with Crippen LogP contribution in [0.1, 0.15) is 0 Å². The maximum Gasteiger partial charge on any atom is 0.274 e. The quantitative estimate of drug-likeness (QED) is 0.875. The Kier molecular flexibility index (Phi) is 2.27. The van der Waals surface area contributed by atoms with Crippen molar-refractivity contribution in [3.63, 3.8) is 0 Å². The van der Waals surface area contributed by atoms with Gasteiger partial charge in [0.2, 0.25) is 0 Å². The topological polar surface area (TPSA) is 34.1 Å². The highest BCUT2D eigenvalue weighted by Crippen LogP contribution is 2.32. The van der Waals surface area contributed by atoms with E-state index >= 15 is 0 Å². The van der Waals surface area contributed by atoms with Gasteiger partial charge in [-0.05, 0) is 12.1 Å². The van der Waals surface area contributed by atoms with E-state index in [9.17, 15) is 0 Å². The fourth-order valence-electron chi connectivity index (χ4n) is 1.43. The number of ether oxygens (including phenoxy) is 1. The van der Waals surface area contributed by atoms with Crippen LogP contribution in [0.2, 0.25) is 5.02 Å². The number of nitrogens with one attached hydrogen (secondary N) is 1. The summed E-state index contributed by atoms with van der Waals surface area (Å²) in [4.78, 5) is 4.37. The largest absolute Gasteiger partial charge is 0.464 e. The molecule has 0 atom stereocenters. The van der Waals surface area contributed by atoms with Gasteiger partial charge in [-0.15, -0.1) is 0 Å². The average Bonchev–Trinajstić information content (AvgIpc) is 2.56. The molecule has 1 N–H and O–H groups in total. The summed E-state index contributed by atoms with van der Waals surface area (Å²) in [6.07, 6.45) is 0.268. The number of hydrogen-bond donors (Lipinski definition) is 1. The molecule has 5 heteroatoms. The van der Waals surface area contributed by atoms with Gasteiger partial charge in [0.05, 0.1) is 9.72 Å². The minimum absolute atomic E-state index is 0.268. The van der Waals surface area contributed by atoms with Crippen LogP contribution in [0.4, 0.5) is 0 Å². The Morgan fingerprint density at radius 2 is 2.33 bits per heavy atom. The first kappa shape index (κ1) is 9.39. The summed E-state index contributed by atoms with van der Waals surface area (Å²) in [7, 11) is 0. The third-order valence-corrected chi connectivity index (χ3v) is 3.58. The molecule has 0 bridgehead atoms. The average molecular weight is 241 g/mol. The first-order valence-electron chi connectivity index (χ1n) is 4.75. The number of nitrogens with zero attached hydrogens (tertiary/aromatic N) is 1. The molecule has 0 radical (unpaired) electrons. The summed E-state index contributed by atoms with van der Waals surface area (Å²) < 4.78 is 6.75. The lowest BCUT2D eigenvalue weighted by Gasteiger charge is -2.26. The van der Waals surface area contributed by atoms with E-state index in [0.29, 0.717) is 10.2 Å². The monoisotopic (exact) mass is 240 g/mol. The van der Waals surface area contributed by atoms with Crippen molar-refractivity contribution in [1.29, 1.82) is 0 Å². The minimum Gasteiger partial charge on any atom is -0.464 e. The molecule has 1 saturated heterocycles. The second kappa shape index (κ2) is 3.63. The van der Waals surface area contributed by atoms with Crippen molar-refractivity contribution >= 4 is 33.2 Å². The van der Waals surface area contributed by atoms with Gasteiger partial charge < -0.3 is 10.1 Å². The summed E-state index contributed by atoms with van der Waals surface area (Å²) in [6, 6.07) is 5.78. The lowest BCUT2D eigenvalue weighted by molar-refractivity contribution is 0.142. The van der Waals surface area contributed by atoms with Crippen LogP contribution in [0.3, 0.4) is 0 Å². The smallest absolute Gasteiger partial charge is 0.274 e. The van der Waals surface area contributed by atoms with Crippen molar-refractivity contribution in [2.45, 2.75) is 6.10 Å². The third kappa shape index (κ3) is 1.69. The van der Waals surface area contributed by atoms with Crippen LogP contribution in [-0.2, 0) is 0 Å². The molecule has 3 rings (SSSR count). The molecule has 2 aromatic rings. The third-order valence-electron chi connectivity index (χ3n) is 2.36. The predicted molar refractivity (Wildman–Crippen MR) is 61.9 cm³/mol. The Labute approximate surface area is 96.0 Å². The Hall–Kier alpha value is -0.840. The van der Waals surface area contributed by atoms with Crippen LogP contribution in [0.25, 0.3) is 10.2 Å². The number of fused-ring (bicyclic) bond motifs is 1. The summed E-state index contributed by atoms with van der Waals surface area (Å²) >= 11 is 7.57. The SMILES string of the molecule is Clc1cccc2sc(OC3CNC3)nc12. The van der Waals surface area contributed by atoms with E-state index in [0.717, 1.165) is 23.3 Å². The first-order valence-corrected chi connectivity index (χ1v) is 5.95. The predicted octanol–water partition coefficient (Wildman–Crippen LogP) is 2.30. The molecule has 1 aliphatic heterocycles. The van der Waals surface area contributed by atoms with Crippen LogP contribution in [0.5, 0.6) is 5.19 Å². The summed E-state index contributed by atoms with van der Waals surface area (Å²) in [5.74, 6) is 0. The van der Waals surface area contributed by atoms with Crippen LogP contribution >= 0.6 is 22.9 Å². The zero-order chi connectivity index (χ0) is 10.3. The van der Waals surface area contributed by atoms with E-state index in [4.69, 9.17) is 16.3 Å². The highest BCUT2D eigenvalue weighted by Gasteiger charge is 2.20. The van der Waals surface area contributed by atoms with Crippen LogP contribution in [-0.4, -0.2) is 24.2 Å². The molecule has 15 heavy (non-hydrogen) atoms. The Balaban J connectivity index is 1.95. The number of halogens is 1. The molecule has 0 aliphatic carbocycles. The van der Waals surface area contributed by atoms with Gasteiger partial charge in [-0.25, -0.2) is 4.98 Å². The van der Waals surface area contributed by atoms with Crippen molar-refractivity contribution in [1.82, 2.24) is 10.3 Å². The van der Waals surface area contributed by atoms with Crippen molar-refractivity contribution in [3.05, 3.63) is 23.2 Å². The zero-order valence-corrected chi connectivity index (χ0v) is 9.44. The molecule has 1 aromatic carbocycles. The van der Waals surface area contributed by atoms with Crippen LogP contribution in [0.15, 0.2) is 18.2 Å². The second-order valence-electron chi connectivity index (χ2n) is 3.46. The molecule has 78 valence electrons. The molecule has 3 nitrogen and oxygen atoms in total. The van der Waals surface area contributed by atoms with Crippen molar-refractivity contribution < 1.29 is 4.74 Å². The highest BCUT2D eigenvalue weighted by atomic mass is 35.5. The molecule has 1 aliphatic rings. The number of benzene rings is 1. The van der Waals surface area contributed by atoms with Gasteiger partial charge in [0.15, 0.2) is 0 Å². The van der Waals surface area contributed by atoms with Crippen molar-refractivity contribution in [3.8, 4) is 5.19 Å². The Morgan fingerprint density at radius 1 is 1.47 bits per heavy atom. The normalized spacial score (nSPS) is 16.6. The van der Waals surface area contributed by atoms with E-state index < -0.39 is 0 Å². The number of hydrogen-bond acceptors (Lipinski definition) is 4. The van der Waals surface area contributed by atoms with E-state index in [1.54, 1.807) is 11.3 Å². The van der Waals surface area contributed by atoms with Crippen LogP contribution in [0, 0.1) is 0 Å². The summed E-state index contributed by atoms with van der Waals surface area (Å²) in [5.41, 5.74) is 0.839. The molecule has 0 spiro atoms. The number of para-hydroxylation sites is 1. The van der Waals surface area contributed by atoms with E-state index in [1.165, 1.54) is 0 Å². The molecule has 0 unspecified atom stereocenters. The summed E-state index contributed by atoms with van der Waals surface area (Å²) in [5, 5.41) is 4.55. The molecule has 2 heterocycles. The summed E-state index contributed by atoms with van der Waals surface area (Å²) in [6.45, 7) is 1.81. The minimum atomic E-state index is 0.268. The molecule has 0 amide bonds. The van der Waals surface area contributed by atoms with E-state index in [-0.39, 0.29) is 6.10 Å². The Bertz CT molecular complexity index is 495. The van der Waals surface area contributed by atoms with Gasteiger partial charge in [0, 0.05) is 13.1 Å². The molecule has 1 fully saturated rings. The standard InChI is InChI=1S/C10H9ClN2OS/c11-7-2-1-3-8-9(7)13-10(15-8)14-6-4-12-5-6/h1-3,6,12H,4-5H2. The second-order valence-corrected chi connectivity index (χ2v) is 4.86. The lowest BCUT2D eigenvalue weighted by Crippen LogP contribution is -2.50. The number of thiazole rings is 1. The first-order chi connectivity index (χ1) is 7.33. The van der Waals surface area contributed by atoms with Gasteiger partial charge in [-0.1, -0.05) is 29.0 Å². The van der Waals surface area contributed by atoms with Gasteiger partial charge >= 0.3 is 0 Å². The molecule has 0 saturated carbocycles.